The molecule has 0 aromatic heterocycles. The minimum absolute atomic E-state index is 0.176. The van der Waals surface area contributed by atoms with Crippen LogP contribution in [0.4, 0.5) is 0 Å². The lowest BCUT2D eigenvalue weighted by molar-refractivity contribution is -0.867. The number of hydrogen-bond acceptors (Lipinski definition) is 3. The number of methoxy groups -OCH3 is 1. The maximum absolute atomic E-state index is 11.2. The molecule has 1 N–H and O–H groups in total. The Morgan fingerprint density at radius 3 is 2.60 bits per heavy atom. The SMILES string of the molecule is [B][N+]12CCC(CC1)C(O)C2CC(=O)OC. The van der Waals surface area contributed by atoms with Gasteiger partial charge in [-0.2, -0.15) is 0 Å². The van der Waals surface area contributed by atoms with Gasteiger partial charge in [-0.05, 0) is 0 Å². The van der Waals surface area contributed by atoms with Crippen LogP contribution in [0.15, 0.2) is 0 Å². The molecule has 2 atom stereocenters. The van der Waals surface area contributed by atoms with Gasteiger partial charge in [0, 0.05) is 18.8 Å². The zero-order chi connectivity index (χ0) is 11.1. The van der Waals surface area contributed by atoms with Crippen LogP contribution in [0.25, 0.3) is 0 Å². The first-order valence-corrected chi connectivity index (χ1v) is 5.47. The number of quaternary nitrogens is 1. The summed E-state index contributed by atoms with van der Waals surface area (Å²) in [6, 6.07) is -0.176. The lowest BCUT2D eigenvalue weighted by atomic mass is 9.74. The molecule has 2 unspecified atom stereocenters. The third-order valence-electron chi connectivity index (χ3n) is 3.97. The second kappa shape index (κ2) is 3.79. The Hall–Kier alpha value is -0.545. The monoisotopic (exact) mass is 210 g/mol. The van der Waals surface area contributed by atoms with E-state index in [2.05, 4.69) is 4.74 Å². The fourth-order valence-corrected chi connectivity index (χ4v) is 2.92. The van der Waals surface area contributed by atoms with Crippen molar-refractivity contribution < 1.29 is 19.0 Å². The number of hydrogen-bond donors (Lipinski definition) is 1. The quantitative estimate of drug-likeness (QED) is 0.498. The number of nitrogens with zero attached hydrogens (tertiary/aromatic N) is 1. The van der Waals surface area contributed by atoms with Gasteiger partial charge in [0.25, 0.3) is 0 Å². The Labute approximate surface area is 91.2 Å². The first-order valence-electron chi connectivity index (χ1n) is 5.47. The Balaban J connectivity index is 2.11. The average Bonchev–Trinajstić information content (AvgIpc) is 2.23. The maximum Gasteiger partial charge on any atom is 0.481 e. The van der Waals surface area contributed by atoms with Crippen molar-refractivity contribution in [2.24, 2.45) is 5.92 Å². The van der Waals surface area contributed by atoms with Crippen molar-refractivity contribution in [1.82, 2.24) is 0 Å². The van der Waals surface area contributed by atoms with Gasteiger partial charge in [0.2, 0.25) is 0 Å². The van der Waals surface area contributed by atoms with E-state index in [0.29, 0.717) is 10.3 Å². The summed E-state index contributed by atoms with van der Waals surface area (Å²) in [5.74, 6) is 0.0396. The van der Waals surface area contributed by atoms with Crippen molar-refractivity contribution >= 4 is 14.0 Å². The van der Waals surface area contributed by atoms with E-state index in [1.165, 1.54) is 7.11 Å². The highest BCUT2D eigenvalue weighted by atomic mass is 16.5. The number of rotatable bonds is 2. The second-order valence-corrected chi connectivity index (χ2v) is 4.73. The molecular weight excluding hydrogens is 193 g/mol. The Bertz CT molecular complexity index is 263. The molecule has 4 nitrogen and oxygen atoms in total. The van der Waals surface area contributed by atoms with Gasteiger partial charge in [-0.1, -0.05) is 0 Å². The first-order chi connectivity index (χ1) is 7.07. The molecule has 3 aliphatic heterocycles. The number of aliphatic hydroxyl groups is 1. The van der Waals surface area contributed by atoms with E-state index in [9.17, 15) is 9.90 Å². The van der Waals surface area contributed by atoms with Crippen LogP contribution in [-0.2, 0) is 9.53 Å². The van der Waals surface area contributed by atoms with Gasteiger partial charge in [-0.25, -0.2) is 0 Å². The number of carbonyl (C=O) groups is 1. The predicted octanol–water partition coefficient (Wildman–Crippen LogP) is -0.397. The molecule has 3 rings (SSSR count). The van der Waals surface area contributed by atoms with Gasteiger partial charge < -0.3 is 14.2 Å². The van der Waals surface area contributed by atoms with Crippen LogP contribution in [0.3, 0.4) is 0 Å². The predicted molar refractivity (Wildman–Crippen MR) is 54.9 cm³/mol. The van der Waals surface area contributed by atoms with Crippen LogP contribution < -0.4 is 0 Å². The topological polar surface area (TPSA) is 46.5 Å². The fourth-order valence-electron chi connectivity index (χ4n) is 2.92. The summed E-state index contributed by atoms with van der Waals surface area (Å²) < 4.78 is 4.98. The number of aliphatic hydroxyl groups excluding tert-OH is 1. The third kappa shape index (κ3) is 1.78. The maximum atomic E-state index is 11.2. The van der Waals surface area contributed by atoms with Crippen LogP contribution in [0, 0.1) is 5.92 Å². The van der Waals surface area contributed by atoms with Crippen molar-refractivity contribution in [3.8, 4) is 0 Å². The Morgan fingerprint density at radius 2 is 2.13 bits per heavy atom. The smallest absolute Gasteiger partial charge is 0.469 e. The number of ether oxygens (including phenoxy) is 1. The summed E-state index contributed by atoms with van der Waals surface area (Å²) >= 11 is 0. The Kier molecular flexibility index (Phi) is 2.77. The van der Waals surface area contributed by atoms with Crippen LogP contribution in [0.5, 0.6) is 0 Å². The molecule has 5 heteroatoms. The van der Waals surface area contributed by atoms with Crippen molar-refractivity contribution in [2.45, 2.75) is 31.4 Å². The van der Waals surface area contributed by atoms with Crippen molar-refractivity contribution in [3.05, 3.63) is 0 Å². The molecule has 0 aromatic rings. The van der Waals surface area contributed by atoms with E-state index in [-0.39, 0.29) is 18.4 Å². The fraction of sp³-hybridized carbons (Fsp3) is 0.900. The van der Waals surface area contributed by atoms with Gasteiger partial charge in [0.15, 0.2) is 0 Å². The number of fused-ring (bicyclic) bond motifs is 3. The molecule has 82 valence electrons. The van der Waals surface area contributed by atoms with Crippen LogP contribution in [0.2, 0.25) is 0 Å². The molecule has 0 saturated carbocycles. The van der Waals surface area contributed by atoms with Crippen LogP contribution in [-0.4, -0.2) is 55.8 Å². The lowest BCUT2D eigenvalue weighted by Crippen LogP contribution is -2.69. The minimum Gasteiger partial charge on any atom is -0.469 e. The van der Waals surface area contributed by atoms with E-state index in [1.54, 1.807) is 0 Å². The summed E-state index contributed by atoms with van der Waals surface area (Å²) in [6.07, 6.45) is 1.71. The zero-order valence-corrected chi connectivity index (χ0v) is 9.06. The van der Waals surface area contributed by atoms with Gasteiger partial charge in [0.05, 0.1) is 26.6 Å². The molecule has 3 heterocycles. The first kappa shape index (κ1) is 11.0. The van der Waals surface area contributed by atoms with Crippen molar-refractivity contribution in [2.75, 3.05) is 20.2 Å². The van der Waals surface area contributed by atoms with E-state index in [0.717, 1.165) is 25.9 Å². The molecule has 0 aliphatic carbocycles. The number of carbonyl (C=O) groups excluding carboxylic acids is 1. The third-order valence-corrected chi connectivity index (χ3v) is 3.97. The highest BCUT2D eigenvalue weighted by Gasteiger charge is 2.51. The van der Waals surface area contributed by atoms with Crippen LogP contribution in [0.1, 0.15) is 19.3 Å². The standard InChI is InChI=1S/C10H17BNO3/c1-15-9(13)6-8-10(14)7-2-4-12(8,11)5-3-7/h7-8,10,14H,2-6H2,1H3/q+1. The van der Waals surface area contributed by atoms with E-state index < -0.39 is 6.10 Å². The summed E-state index contributed by atoms with van der Waals surface area (Å²) in [5, 5.41) is 10.1. The number of esters is 1. The largest absolute Gasteiger partial charge is 0.481 e. The molecule has 3 saturated heterocycles. The van der Waals surface area contributed by atoms with Crippen LogP contribution >= 0.6 is 0 Å². The lowest BCUT2D eigenvalue weighted by Gasteiger charge is -2.55. The summed E-state index contributed by atoms with van der Waals surface area (Å²) in [6.45, 7) is 1.73. The summed E-state index contributed by atoms with van der Waals surface area (Å²) in [7, 11) is 7.57. The highest BCUT2D eigenvalue weighted by molar-refractivity contribution is 5.97. The van der Waals surface area contributed by atoms with Gasteiger partial charge in [-0.15, -0.1) is 0 Å². The molecule has 3 fully saturated rings. The molecule has 0 amide bonds. The molecule has 2 bridgehead atoms. The van der Waals surface area contributed by atoms with Gasteiger partial charge in [0.1, 0.15) is 12.1 Å². The zero-order valence-electron chi connectivity index (χ0n) is 9.06. The van der Waals surface area contributed by atoms with E-state index in [4.69, 9.17) is 7.98 Å². The summed E-state index contributed by atoms with van der Waals surface area (Å²) in [4.78, 5) is 11.2. The molecule has 0 spiro atoms. The number of piperidine rings is 3. The minimum atomic E-state index is -0.448. The molecule has 3 aliphatic rings. The average molecular weight is 210 g/mol. The van der Waals surface area contributed by atoms with E-state index >= 15 is 0 Å². The summed E-state index contributed by atoms with van der Waals surface area (Å²) in [5.41, 5.74) is 0. The second-order valence-electron chi connectivity index (χ2n) is 4.73. The molecule has 2 radical (unpaired) electrons. The normalized spacial score (nSPS) is 44.0. The molecule has 0 aromatic carbocycles. The molecule has 15 heavy (non-hydrogen) atoms. The van der Waals surface area contributed by atoms with Crippen molar-refractivity contribution in [1.29, 1.82) is 0 Å². The Morgan fingerprint density at radius 1 is 1.53 bits per heavy atom. The van der Waals surface area contributed by atoms with Gasteiger partial charge in [-0.3, -0.25) is 4.79 Å². The highest BCUT2D eigenvalue weighted by Crippen LogP contribution is 2.38. The molecular formula is C10H17BNO3+. The van der Waals surface area contributed by atoms with E-state index in [1.807, 2.05) is 0 Å². The van der Waals surface area contributed by atoms with Gasteiger partial charge >= 0.3 is 14.0 Å². The van der Waals surface area contributed by atoms with Crippen molar-refractivity contribution in [3.63, 3.8) is 0 Å².